The van der Waals surface area contributed by atoms with Gasteiger partial charge in [-0.3, -0.25) is 4.79 Å². The van der Waals surface area contributed by atoms with Crippen LogP contribution >= 0.6 is 22.9 Å². The van der Waals surface area contributed by atoms with Gasteiger partial charge in [-0.05, 0) is 23.6 Å². The summed E-state index contributed by atoms with van der Waals surface area (Å²) in [5.74, 6) is -2.01. The van der Waals surface area contributed by atoms with E-state index in [1.165, 1.54) is 16.9 Å². The number of benzene rings is 1. The molecule has 0 spiro atoms. The van der Waals surface area contributed by atoms with Crippen LogP contribution in [0.4, 0.5) is 0 Å². The SMILES string of the molecule is CC1[C@H](c2ccccc2)[C@]1(NS(=O)(=O)c1ccc(-n2cc(Cl)cn2)s1)C(=O)O. The lowest BCUT2D eigenvalue weighted by Gasteiger charge is -2.15. The monoisotopic (exact) mass is 437 g/mol. The summed E-state index contributed by atoms with van der Waals surface area (Å²) in [5, 5.41) is 14.9. The highest BCUT2D eigenvalue weighted by atomic mass is 35.5. The van der Waals surface area contributed by atoms with Crippen LogP contribution in [-0.4, -0.2) is 34.8 Å². The van der Waals surface area contributed by atoms with Crippen LogP contribution < -0.4 is 4.72 Å². The third-order valence-electron chi connectivity index (χ3n) is 5.02. The first-order valence-corrected chi connectivity index (χ1v) is 11.1. The first-order valence-electron chi connectivity index (χ1n) is 8.38. The molecule has 0 bridgehead atoms. The standard InChI is InChI=1S/C18H16ClN3O4S2/c1-11-16(12-5-3-2-4-6-12)18(11,17(23)24)21-28(25,26)15-8-7-14(27-15)22-10-13(19)9-20-22/h2-11,16,21H,1H3,(H,23,24)/t11?,16-,18+/m1/s1. The van der Waals surface area contributed by atoms with E-state index >= 15 is 0 Å². The fraction of sp³-hybridized carbons (Fsp3) is 0.222. The van der Waals surface area contributed by atoms with Crippen LogP contribution in [0.2, 0.25) is 5.02 Å². The maximum atomic E-state index is 12.9. The van der Waals surface area contributed by atoms with Crippen LogP contribution in [0.15, 0.2) is 59.1 Å². The van der Waals surface area contributed by atoms with Gasteiger partial charge in [0.25, 0.3) is 10.0 Å². The van der Waals surface area contributed by atoms with Gasteiger partial charge in [-0.15, -0.1) is 11.3 Å². The summed E-state index contributed by atoms with van der Waals surface area (Å²) in [5.41, 5.74) is -0.780. The third kappa shape index (κ3) is 3.04. The molecule has 1 fully saturated rings. The minimum absolute atomic E-state index is 0.0145. The molecule has 2 heterocycles. The quantitative estimate of drug-likeness (QED) is 0.617. The van der Waals surface area contributed by atoms with Crippen molar-refractivity contribution in [1.82, 2.24) is 14.5 Å². The number of hydrogen-bond acceptors (Lipinski definition) is 5. The van der Waals surface area contributed by atoms with E-state index < -0.39 is 27.4 Å². The molecule has 3 aromatic rings. The first-order chi connectivity index (χ1) is 13.3. The van der Waals surface area contributed by atoms with Gasteiger partial charge in [0, 0.05) is 5.92 Å². The zero-order chi connectivity index (χ0) is 20.1. The maximum Gasteiger partial charge on any atom is 0.325 e. The number of hydrogen-bond donors (Lipinski definition) is 2. The average molecular weight is 438 g/mol. The van der Waals surface area contributed by atoms with E-state index in [4.69, 9.17) is 11.6 Å². The van der Waals surface area contributed by atoms with Crippen LogP contribution in [0.25, 0.3) is 5.00 Å². The Balaban J connectivity index is 1.65. The summed E-state index contributed by atoms with van der Waals surface area (Å²) in [6.07, 6.45) is 3.01. The molecule has 1 aliphatic rings. The zero-order valence-electron chi connectivity index (χ0n) is 14.6. The van der Waals surface area contributed by atoms with Gasteiger partial charge in [0.2, 0.25) is 0 Å². The molecule has 2 aromatic heterocycles. The third-order valence-corrected chi connectivity index (χ3v) is 8.27. The van der Waals surface area contributed by atoms with E-state index in [-0.39, 0.29) is 10.1 Å². The van der Waals surface area contributed by atoms with Crippen molar-refractivity contribution in [3.05, 3.63) is 65.4 Å². The summed E-state index contributed by atoms with van der Waals surface area (Å²) in [6.45, 7) is 1.74. The Morgan fingerprint density at radius 3 is 2.61 bits per heavy atom. The van der Waals surface area contributed by atoms with Crippen LogP contribution in [-0.2, 0) is 14.8 Å². The van der Waals surface area contributed by atoms with Crippen molar-refractivity contribution in [2.45, 2.75) is 22.6 Å². The largest absolute Gasteiger partial charge is 0.480 e. The molecule has 0 amide bonds. The fourth-order valence-corrected chi connectivity index (χ4v) is 6.39. The van der Waals surface area contributed by atoms with Gasteiger partial charge in [-0.2, -0.15) is 9.82 Å². The smallest absolute Gasteiger partial charge is 0.325 e. The molecule has 1 saturated carbocycles. The molecule has 0 aliphatic heterocycles. The second-order valence-corrected chi connectivity index (χ2v) is 10.1. The lowest BCUT2D eigenvalue weighted by molar-refractivity contribution is -0.140. The molecular formula is C18H16ClN3O4S2. The Hall–Kier alpha value is -2.20. The van der Waals surface area contributed by atoms with E-state index in [9.17, 15) is 18.3 Å². The lowest BCUT2D eigenvalue weighted by Crippen LogP contribution is -2.45. The number of sulfonamides is 1. The zero-order valence-corrected chi connectivity index (χ0v) is 17.0. The van der Waals surface area contributed by atoms with Crippen LogP contribution in [0.1, 0.15) is 18.4 Å². The Kier molecular flexibility index (Phi) is 4.58. The number of carbonyl (C=O) groups is 1. The predicted octanol–water partition coefficient (Wildman–Crippen LogP) is 3.12. The molecule has 0 saturated heterocycles. The van der Waals surface area contributed by atoms with Crippen molar-refractivity contribution in [3.8, 4) is 5.00 Å². The van der Waals surface area contributed by atoms with E-state index in [1.54, 1.807) is 19.2 Å². The molecule has 7 nitrogen and oxygen atoms in total. The van der Waals surface area contributed by atoms with Gasteiger partial charge in [0.15, 0.2) is 0 Å². The predicted molar refractivity (Wildman–Crippen MR) is 105 cm³/mol. The molecule has 1 unspecified atom stereocenters. The molecular weight excluding hydrogens is 422 g/mol. The van der Waals surface area contributed by atoms with E-state index in [1.807, 2.05) is 30.3 Å². The van der Waals surface area contributed by atoms with Crippen molar-refractivity contribution in [2.24, 2.45) is 5.92 Å². The molecule has 146 valence electrons. The number of aromatic nitrogens is 2. The highest BCUT2D eigenvalue weighted by molar-refractivity contribution is 7.91. The number of thiophene rings is 1. The van der Waals surface area contributed by atoms with Gasteiger partial charge in [-0.25, -0.2) is 13.1 Å². The van der Waals surface area contributed by atoms with Crippen LogP contribution in [0.5, 0.6) is 0 Å². The Bertz CT molecular complexity index is 1140. The lowest BCUT2D eigenvalue weighted by atomic mass is 10.1. The maximum absolute atomic E-state index is 12.9. The van der Waals surface area contributed by atoms with Crippen LogP contribution in [0, 0.1) is 5.92 Å². The number of nitrogens with one attached hydrogen (secondary N) is 1. The number of aliphatic carboxylic acids is 1. The Morgan fingerprint density at radius 1 is 1.29 bits per heavy atom. The van der Waals surface area contributed by atoms with Crippen molar-refractivity contribution < 1.29 is 18.3 Å². The first kappa shape index (κ1) is 19.1. The molecule has 28 heavy (non-hydrogen) atoms. The van der Waals surface area contributed by atoms with Crippen molar-refractivity contribution in [3.63, 3.8) is 0 Å². The van der Waals surface area contributed by atoms with E-state index in [0.29, 0.717) is 10.0 Å². The minimum atomic E-state index is -4.04. The van der Waals surface area contributed by atoms with Gasteiger partial charge in [-0.1, -0.05) is 48.9 Å². The van der Waals surface area contributed by atoms with Gasteiger partial charge in [0.05, 0.1) is 17.4 Å². The van der Waals surface area contributed by atoms with Gasteiger partial charge >= 0.3 is 5.97 Å². The molecule has 3 atom stereocenters. The molecule has 4 rings (SSSR count). The van der Waals surface area contributed by atoms with E-state index in [2.05, 4.69) is 9.82 Å². The van der Waals surface area contributed by atoms with Gasteiger partial charge in [0.1, 0.15) is 14.7 Å². The molecule has 1 aliphatic carbocycles. The van der Waals surface area contributed by atoms with Crippen LogP contribution in [0.3, 0.4) is 0 Å². The van der Waals surface area contributed by atoms with Crippen molar-refractivity contribution >= 4 is 38.9 Å². The normalized spacial score (nSPS) is 24.2. The number of carboxylic acids is 1. The Labute approximate surface area is 170 Å². The highest BCUT2D eigenvalue weighted by Gasteiger charge is 2.70. The molecule has 10 heteroatoms. The van der Waals surface area contributed by atoms with Crippen molar-refractivity contribution in [1.29, 1.82) is 0 Å². The topological polar surface area (TPSA) is 101 Å². The average Bonchev–Trinajstić information content (AvgIpc) is 3.06. The highest BCUT2D eigenvalue weighted by Crippen LogP contribution is 2.58. The van der Waals surface area contributed by atoms with Crippen molar-refractivity contribution in [2.75, 3.05) is 0 Å². The molecule has 2 N–H and O–H groups in total. The molecule has 0 radical (unpaired) electrons. The summed E-state index contributed by atoms with van der Waals surface area (Å²) in [7, 11) is -4.04. The van der Waals surface area contributed by atoms with Gasteiger partial charge < -0.3 is 5.11 Å². The number of halogens is 1. The summed E-state index contributed by atoms with van der Waals surface area (Å²) in [6, 6.07) is 12.1. The fourth-order valence-electron chi connectivity index (χ4n) is 3.57. The minimum Gasteiger partial charge on any atom is -0.480 e. The number of rotatable bonds is 6. The van der Waals surface area contributed by atoms with E-state index in [0.717, 1.165) is 16.9 Å². The second kappa shape index (κ2) is 6.70. The summed E-state index contributed by atoms with van der Waals surface area (Å²) in [4.78, 5) is 12.1. The summed E-state index contributed by atoms with van der Waals surface area (Å²) >= 11 is 6.84. The number of nitrogens with zero attached hydrogens (tertiary/aromatic N) is 2. The number of carboxylic acid groups (broad SMARTS) is 1. The summed E-state index contributed by atoms with van der Waals surface area (Å²) < 4.78 is 29.8. The second-order valence-electron chi connectivity index (χ2n) is 6.65. The molecule has 1 aromatic carbocycles. The Morgan fingerprint density at radius 2 is 2.00 bits per heavy atom.